The van der Waals surface area contributed by atoms with Crippen LogP contribution < -0.4 is 0 Å². The molecule has 0 aromatic rings. The molecule has 1 saturated carbocycles. The Labute approximate surface area is 128 Å². The molecule has 2 fully saturated rings. The standard InChI is InChI=1S/C17H29NO3/c1-16(2,3)21-15(20)18-11-13(10-14(18)12-19)17(4)8-6-5-7-9-17/h12-14H,5-11H2,1-4H3. The molecule has 2 aliphatic rings. The van der Waals surface area contributed by atoms with Crippen LogP contribution in [-0.2, 0) is 9.53 Å². The number of likely N-dealkylation sites (tertiary alicyclic amines) is 1. The molecule has 1 amide bonds. The van der Waals surface area contributed by atoms with Crippen molar-refractivity contribution in [1.29, 1.82) is 0 Å². The van der Waals surface area contributed by atoms with Crippen LogP contribution in [-0.4, -0.2) is 35.5 Å². The van der Waals surface area contributed by atoms with E-state index in [1.165, 1.54) is 32.1 Å². The van der Waals surface area contributed by atoms with Crippen molar-refractivity contribution in [3.63, 3.8) is 0 Å². The minimum absolute atomic E-state index is 0.274. The Morgan fingerprint density at radius 3 is 2.38 bits per heavy atom. The van der Waals surface area contributed by atoms with Crippen LogP contribution >= 0.6 is 0 Å². The fourth-order valence-corrected chi connectivity index (χ4v) is 3.80. The lowest BCUT2D eigenvalue weighted by Crippen LogP contribution is -2.41. The summed E-state index contributed by atoms with van der Waals surface area (Å²) in [5, 5.41) is 0. The Balaban J connectivity index is 2.06. The number of hydrogen-bond acceptors (Lipinski definition) is 3. The van der Waals surface area contributed by atoms with E-state index in [-0.39, 0.29) is 17.6 Å². The van der Waals surface area contributed by atoms with E-state index in [4.69, 9.17) is 4.74 Å². The van der Waals surface area contributed by atoms with Gasteiger partial charge < -0.3 is 9.53 Å². The average Bonchev–Trinajstić information content (AvgIpc) is 2.82. The Kier molecular flexibility index (Phi) is 4.64. The molecule has 1 aliphatic carbocycles. The monoisotopic (exact) mass is 295 g/mol. The van der Waals surface area contributed by atoms with E-state index in [9.17, 15) is 9.59 Å². The molecule has 1 heterocycles. The van der Waals surface area contributed by atoms with Gasteiger partial charge in [-0.25, -0.2) is 4.79 Å². The van der Waals surface area contributed by atoms with Crippen molar-refractivity contribution in [2.45, 2.75) is 77.9 Å². The fourth-order valence-electron chi connectivity index (χ4n) is 3.80. The minimum Gasteiger partial charge on any atom is -0.444 e. The van der Waals surface area contributed by atoms with Gasteiger partial charge in [0.2, 0.25) is 0 Å². The highest BCUT2D eigenvalue weighted by Crippen LogP contribution is 2.47. The summed E-state index contributed by atoms with van der Waals surface area (Å²) in [4.78, 5) is 25.3. The molecule has 0 aromatic heterocycles. The van der Waals surface area contributed by atoms with Gasteiger partial charge in [-0.15, -0.1) is 0 Å². The average molecular weight is 295 g/mol. The molecule has 4 nitrogen and oxygen atoms in total. The number of ether oxygens (including phenoxy) is 1. The molecule has 0 radical (unpaired) electrons. The first-order valence-electron chi connectivity index (χ1n) is 8.20. The maximum Gasteiger partial charge on any atom is 0.410 e. The second-order valence-corrected chi connectivity index (χ2v) is 7.98. The molecule has 21 heavy (non-hydrogen) atoms. The predicted molar refractivity (Wildman–Crippen MR) is 82.1 cm³/mol. The second kappa shape index (κ2) is 5.98. The van der Waals surface area contributed by atoms with Gasteiger partial charge in [0, 0.05) is 6.54 Å². The van der Waals surface area contributed by atoms with Gasteiger partial charge in [-0.1, -0.05) is 26.2 Å². The van der Waals surface area contributed by atoms with Gasteiger partial charge in [-0.2, -0.15) is 0 Å². The number of carbonyl (C=O) groups is 2. The van der Waals surface area contributed by atoms with Gasteiger partial charge in [0.05, 0.1) is 6.04 Å². The summed E-state index contributed by atoms with van der Waals surface area (Å²) in [7, 11) is 0. The summed E-state index contributed by atoms with van der Waals surface area (Å²) >= 11 is 0. The van der Waals surface area contributed by atoms with Gasteiger partial charge >= 0.3 is 6.09 Å². The van der Waals surface area contributed by atoms with Crippen molar-refractivity contribution in [2.24, 2.45) is 11.3 Å². The van der Waals surface area contributed by atoms with Crippen LogP contribution in [0.25, 0.3) is 0 Å². The SMILES string of the molecule is CC(C)(C)OC(=O)N1CC(C2(C)CCCCC2)CC1C=O. The van der Waals surface area contributed by atoms with Crippen LogP contribution in [0.4, 0.5) is 4.79 Å². The smallest absolute Gasteiger partial charge is 0.410 e. The highest BCUT2D eigenvalue weighted by molar-refractivity contribution is 5.74. The molecule has 1 saturated heterocycles. The van der Waals surface area contributed by atoms with Crippen LogP contribution in [0.3, 0.4) is 0 Å². The third kappa shape index (κ3) is 3.78. The number of rotatable bonds is 2. The van der Waals surface area contributed by atoms with Crippen LogP contribution in [0.5, 0.6) is 0 Å². The summed E-state index contributed by atoms with van der Waals surface area (Å²) in [6, 6.07) is -0.316. The summed E-state index contributed by atoms with van der Waals surface area (Å²) in [5.41, 5.74) is -0.242. The van der Waals surface area contributed by atoms with Gasteiger partial charge in [0.15, 0.2) is 0 Å². The Bertz CT molecular complexity index is 393. The molecule has 120 valence electrons. The third-order valence-electron chi connectivity index (χ3n) is 5.11. The van der Waals surface area contributed by atoms with E-state index in [1.807, 2.05) is 20.8 Å². The zero-order valence-electron chi connectivity index (χ0n) is 13.9. The number of carbonyl (C=O) groups excluding carboxylic acids is 2. The Morgan fingerprint density at radius 2 is 1.86 bits per heavy atom. The zero-order valence-corrected chi connectivity index (χ0v) is 13.9. The number of nitrogens with zero attached hydrogens (tertiary/aromatic N) is 1. The fraction of sp³-hybridized carbons (Fsp3) is 0.882. The first-order valence-corrected chi connectivity index (χ1v) is 8.20. The summed E-state index contributed by atoms with van der Waals surface area (Å²) in [6.07, 6.45) is 7.64. The number of amides is 1. The van der Waals surface area contributed by atoms with Crippen LogP contribution in [0, 0.1) is 11.3 Å². The van der Waals surface area contributed by atoms with Crippen molar-refractivity contribution in [3.8, 4) is 0 Å². The van der Waals surface area contributed by atoms with E-state index in [0.717, 1.165) is 12.7 Å². The van der Waals surface area contributed by atoms with E-state index >= 15 is 0 Å². The van der Waals surface area contributed by atoms with Crippen LogP contribution in [0.2, 0.25) is 0 Å². The highest BCUT2D eigenvalue weighted by atomic mass is 16.6. The summed E-state index contributed by atoms with van der Waals surface area (Å²) in [6.45, 7) is 8.57. The zero-order chi connectivity index (χ0) is 15.7. The van der Waals surface area contributed by atoms with Crippen molar-refractivity contribution in [2.75, 3.05) is 6.54 Å². The Morgan fingerprint density at radius 1 is 1.24 bits per heavy atom. The molecule has 0 N–H and O–H groups in total. The van der Waals surface area contributed by atoms with E-state index in [2.05, 4.69) is 6.92 Å². The predicted octanol–water partition coefficient (Wildman–Crippen LogP) is 3.78. The largest absolute Gasteiger partial charge is 0.444 e. The first kappa shape index (κ1) is 16.3. The molecule has 2 unspecified atom stereocenters. The molecule has 4 heteroatoms. The normalized spacial score (nSPS) is 29.2. The quantitative estimate of drug-likeness (QED) is 0.728. The van der Waals surface area contributed by atoms with Crippen LogP contribution in [0.1, 0.15) is 66.2 Å². The molecular weight excluding hydrogens is 266 g/mol. The maximum atomic E-state index is 12.3. The molecule has 0 aromatic carbocycles. The highest BCUT2D eigenvalue weighted by Gasteiger charge is 2.45. The number of aldehydes is 1. The molecule has 0 bridgehead atoms. The minimum atomic E-state index is -0.517. The van der Waals surface area contributed by atoms with Crippen molar-refractivity contribution >= 4 is 12.4 Å². The van der Waals surface area contributed by atoms with Gasteiger partial charge in [-0.3, -0.25) is 4.90 Å². The van der Waals surface area contributed by atoms with E-state index < -0.39 is 5.60 Å². The third-order valence-corrected chi connectivity index (χ3v) is 5.11. The number of hydrogen-bond donors (Lipinski definition) is 0. The lowest BCUT2D eigenvalue weighted by Gasteiger charge is -2.39. The maximum absolute atomic E-state index is 12.3. The van der Waals surface area contributed by atoms with E-state index in [0.29, 0.717) is 12.5 Å². The second-order valence-electron chi connectivity index (χ2n) is 7.98. The molecule has 2 rings (SSSR count). The van der Waals surface area contributed by atoms with Gasteiger partial charge in [-0.05, 0) is 51.4 Å². The van der Waals surface area contributed by atoms with Crippen molar-refractivity contribution in [1.82, 2.24) is 4.90 Å². The van der Waals surface area contributed by atoms with Gasteiger partial charge in [0.1, 0.15) is 11.9 Å². The summed E-state index contributed by atoms with van der Waals surface area (Å²) < 4.78 is 5.45. The lowest BCUT2D eigenvalue weighted by atomic mass is 9.66. The molecule has 1 aliphatic heterocycles. The van der Waals surface area contributed by atoms with E-state index in [1.54, 1.807) is 4.90 Å². The van der Waals surface area contributed by atoms with Gasteiger partial charge in [0.25, 0.3) is 0 Å². The molecule has 0 spiro atoms. The van der Waals surface area contributed by atoms with Crippen LogP contribution in [0.15, 0.2) is 0 Å². The summed E-state index contributed by atoms with van der Waals surface area (Å²) in [5.74, 6) is 0.417. The molecule has 2 atom stereocenters. The molecular formula is C17H29NO3. The van der Waals surface area contributed by atoms with Crippen molar-refractivity contribution < 1.29 is 14.3 Å². The lowest BCUT2D eigenvalue weighted by molar-refractivity contribution is -0.111. The topological polar surface area (TPSA) is 46.6 Å². The first-order chi connectivity index (χ1) is 9.75. The van der Waals surface area contributed by atoms with Crippen molar-refractivity contribution in [3.05, 3.63) is 0 Å². The Hall–Kier alpha value is -1.06.